The van der Waals surface area contributed by atoms with E-state index >= 15 is 0 Å². The monoisotopic (exact) mass is 490 g/mol. The molecule has 2 aromatic rings. The van der Waals surface area contributed by atoms with Crippen LogP contribution in [0.5, 0.6) is 5.75 Å². The molecule has 0 bridgehead atoms. The second-order valence-corrected chi connectivity index (χ2v) is 9.27. The molecule has 0 saturated carbocycles. The molecule has 1 amide bonds. The summed E-state index contributed by atoms with van der Waals surface area (Å²) >= 11 is 3.53. The minimum Gasteiger partial charge on any atom is -0.488 e. The Bertz CT molecular complexity index is 991. The number of rotatable bonds is 4. The normalized spacial score (nSPS) is 15.3. The molecule has 1 aliphatic rings. The highest BCUT2D eigenvalue weighted by Gasteiger charge is 2.28. The van der Waals surface area contributed by atoms with E-state index < -0.39 is 11.6 Å². The molecule has 0 radical (unpaired) electrons. The highest BCUT2D eigenvalue weighted by molar-refractivity contribution is 9.10. The number of likely N-dealkylation sites (tertiary alicyclic amines) is 1. The molecule has 2 heterocycles. The molecule has 0 N–H and O–H groups in total. The first-order valence-electron chi connectivity index (χ1n) is 10.2. The molecule has 1 aromatic heterocycles. The number of amides is 1. The standard InChI is InChI=1S/C23H27BrN2O5/c1-23(2,3)31-22(28)26-11-9-18(10-12-26)30-19-14-16(24)13-15-5-6-17(25-21(15)19)7-8-20(27)29-4/h5-8,13-14,18H,9-12H2,1-4H3. The first-order valence-corrected chi connectivity index (χ1v) is 10.9. The smallest absolute Gasteiger partial charge is 0.410 e. The first-order chi connectivity index (χ1) is 14.6. The van der Waals surface area contributed by atoms with Gasteiger partial charge in [-0.3, -0.25) is 0 Å². The van der Waals surface area contributed by atoms with Crippen LogP contribution in [0.2, 0.25) is 0 Å². The van der Waals surface area contributed by atoms with Gasteiger partial charge in [0.05, 0.1) is 12.8 Å². The molecular formula is C23H27BrN2O5. The average molecular weight is 491 g/mol. The summed E-state index contributed by atoms with van der Waals surface area (Å²) in [6.45, 7) is 6.74. The number of hydrogen-bond acceptors (Lipinski definition) is 6. The van der Waals surface area contributed by atoms with Crippen molar-refractivity contribution in [2.24, 2.45) is 0 Å². The molecule has 31 heavy (non-hydrogen) atoms. The lowest BCUT2D eigenvalue weighted by molar-refractivity contribution is -0.134. The van der Waals surface area contributed by atoms with Crippen molar-refractivity contribution in [3.8, 4) is 5.75 Å². The molecule has 0 atom stereocenters. The number of aromatic nitrogens is 1. The van der Waals surface area contributed by atoms with Crippen LogP contribution >= 0.6 is 15.9 Å². The van der Waals surface area contributed by atoms with Crippen LogP contribution in [0, 0.1) is 0 Å². The van der Waals surface area contributed by atoms with Gasteiger partial charge in [0, 0.05) is 41.9 Å². The minimum atomic E-state index is -0.509. The van der Waals surface area contributed by atoms with Crippen LogP contribution in [0.3, 0.4) is 0 Å². The van der Waals surface area contributed by atoms with Crippen molar-refractivity contribution < 1.29 is 23.8 Å². The van der Waals surface area contributed by atoms with Gasteiger partial charge in [-0.25, -0.2) is 14.6 Å². The predicted molar refractivity (Wildman–Crippen MR) is 122 cm³/mol. The third-order valence-corrected chi connectivity index (χ3v) is 5.18. The Balaban J connectivity index is 1.73. The summed E-state index contributed by atoms with van der Waals surface area (Å²) in [5, 5.41) is 0.922. The van der Waals surface area contributed by atoms with Gasteiger partial charge in [0.25, 0.3) is 0 Å². The number of piperidine rings is 1. The fourth-order valence-electron chi connectivity index (χ4n) is 3.25. The summed E-state index contributed by atoms with van der Waals surface area (Å²) in [5.74, 6) is 0.222. The molecule has 1 fully saturated rings. The van der Waals surface area contributed by atoms with Crippen LogP contribution < -0.4 is 4.74 Å². The molecular weight excluding hydrogens is 464 g/mol. The maximum absolute atomic E-state index is 12.3. The van der Waals surface area contributed by atoms with Gasteiger partial charge >= 0.3 is 12.1 Å². The van der Waals surface area contributed by atoms with E-state index in [9.17, 15) is 9.59 Å². The zero-order valence-electron chi connectivity index (χ0n) is 18.2. The summed E-state index contributed by atoms with van der Waals surface area (Å²) in [6, 6.07) is 7.62. The fourth-order valence-corrected chi connectivity index (χ4v) is 3.70. The highest BCUT2D eigenvalue weighted by Crippen LogP contribution is 2.31. The summed E-state index contributed by atoms with van der Waals surface area (Å²) in [4.78, 5) is 30.0. The number of methoxy groups -OCH3 is 1. The van der Waals surface area contributed by atoms with E-state index in [-0.39, 0.29) is 12.2 Å². The number of fused-ring (bicyclic) bond motifs is 1. The van der Waals surface area contributed by atoms with E-state index in [4.69, 9.17) is 9.47 Å². The number of pyridine rings is 1. The van der Waals surface area contributed by atoms with Crippen LogP contribution in [0.1, 0.15) is 39.3 Å². The number of nitrogens with zero attached hydrogens (tertiary/aromatic N) is 2. The maximum atomic E-state index is 12.3. The highest BCUT2D eigenvalue weighted by atomic mass is 79.9. The summed E-state index contributed by atoms with van der Waals surface area (Å²) in [5.41, 5.74) is 0.834. The van der Waals surface area contributed by atoms with E-state index in [1.165, 1.54) is 13.2 Å². The van der Waals surface area contributed by atoms with Crippen LogP contribution in [0.4, 0.5) is 4.79 Å². The molecule has 1 saturated heterocycles. The first kappa shape index (κ1) is 23.1. The molecule has 1 aromatic carbocycles. The molecule has 0 aliphatic carbocycles. The zero-order chi connectivity index (χ0) is 22.6. The fraction of sp³-hybridized carbons (Fsp3) is 0.435. The largest absolute Gasteiger partial charge is 0.488 e. The van der Waals surface area contributed by atoms with Gasteiger partial charge in [-0.1, -0.05) is 22.0 Å². The van der Waals surface area contributed by atoms with Crippen molar-refractivity contribution in [2.75, 3.05) is 20.2 Å². The van der Waals surface area contributed by atoms with Crippen molar-refractivity contribution >= 4 is 45.0 Å². The number of carbonyl (C=O) groups is 2. The van der Waals surface area contributed by atoms with Crippen molar-refractivity contribution in [3.05, 3.63) is 40.5 Å². The maximum Gasteiger partial charge on any atom is 0.410 e. The number of halogens is 1. The molecule has 0 spiro atoms. The van der Waals surface area contributed by atoms with Gasteiger partial charge in [-0.05, 0) is 45.0 Å². The lowest BCUT2D eigenvalue weighted by atomic mass is 10.1. The second kappa shape index (κ2) is 9.68. The lowest BCUT2D eigenvalue weighted by Crippen LogP contribution is -2.44. The van der Waals surface area contributed by atoms with Gasteiger partial charge in [0.1, 0.15) is 23.0 Å². The SMILES string of the molecule is COC(=O)C=Cc1ccc2cc(Br)cc(OC3CCN(C(=O)OC(C)(C)C)CC3)c2n1. The second-order valence-electron chi connectivity index (χ2n) is 8.35. The summed E-state index contributed by atoms with van der Waals surface area (Å²) in [6.07, 6.45) is 4.02. The topological polar surface area (TPSA) is 78.0 Å². The molecule has 3 rings (SSSR count). The van der Waals surface area contributed by atoms with Gasteiger partial charge in [0.2, 0.25) is 0 Å². The Labute approximate surface area is 190 Å². The Morgan fingerprint density at radius 2 is 1.90 bits per heavy atom. The van der Waals surface area contributed by atoms with E-state index in [0.29, 0.717) is 42.9 Å². The van der Waals surface area contributed by atoms with Gasteiger partial charge in [-0.15, -0.1) is 0 Å². The van der Waals surface area contributed by atoms with Gasteiger partial charge in [-0.2, -0.15) is 0 Å². The van der Waals surface area contributed by atoms with Crippen molar-refractivity contribution in [1.82, 2.24) is 9.88 Å². The molecule has 8 heteroatoms. The van der Waals surface area contributed by atoms with Crippen molar-refractivity contribution in [2.45, 2.75) is 45.3 Å². The molecule has 1 aliphatic heterocycles. The van der Waals surface area contributed by atoms with Crippen LogP contribution in [-0.2, 0) is 14.3 Å². The lowest BCUT2D eigenvalue weighted by Gasteiger charge is -2.33. The van der Waals surface area contributed by atoms with E-state index in [1.807, 2.05) is 45.0 Å². The Morgan fingerprint density at radius 3 is 2.55 bits per heavy atom. The third-order valence-electron chi connectivity index (χ3n) is 4.72. The number of hydrogen-bond donors (Lipinski definition) is 0. The van der Waals surface area contributed by atoms with Crippen LogP contribution in [0.15, 0.2) is 34.8 Å². The quantitative estimate of drug-likeness (QED) is 0.445. The Hall–Kier alpha value is -2.61. The molecule has 0 unspecified atom stereocenters. The molecule has 7 nitrogen and oxygen atoms in total. The third kappa shape index (κ3) is 6.43. The summed E-state index contributed by atoms with van der Waals surface area (Å²) < 4.78 is 17.3. The van der Waals surface area contributed by atoms with Gasteiger partial charge in [0.15, 0.2) is 0 Å². The van der Waals surface area contributed by atoms with Crippen molar-refractivity contribution in [3.63, 3.8) is 0 Å². The van der Waals surface area contributed by atoms with E-state index in [1.54, 1.807) is 11.0 Å². The Kier molecular flexibility index (Phi) is 7.20. The Morgan fingerprint density at radius 1 is 1.19 bits per heavy atom. The zero-order valence-corrected chi connectivity index (χ0v) is 19.8. The number of esters is 1. The van der Waals surface area contributed by atoms with E-state index in [2.05, 4.69) is 25.7 Å². The van der Waals surface area contributed by atoms with Gasteiger partial charge < -0.3 is 19.1 Å². The minimum absolute atomic E-state index is 0.0349. The number of ether oxygens (including phenoxy) is 3. The van der Waals surface area contributed by atoms with Crippen LogP contribution in [-0.4, -0.2) is 53.9 Å². The predicted octanol–water partition coefficient (Wildman–Crippen LogP) is 4.96. The molecule has 166 valence electrons. The van der Waals surface area contributed by atoms with Crippen LogP contribution in [0.25, 0.3) is 17.0 Å². The number of carbonyl (C=O) groups excluding carboxylic acids is 2. The number of benzene rings is 1. The van der Waals surface area contributed by atoms with E-state index in [0.717, 1.165) is 9.86 Å². The summed E-state index contributed by atoms with van der Waals surface area (Å²) in [7, 11) is 1.33. The van der Waals surface area contributed by atoms with Crippen molar-refractivity contribution in [1.29, 1.82) is 0 Å². The average Bonchev–Trinajstić information content (AvgIpc) is 2.71.